The van der Waals surface area contributed by atoms with E-state index in [9.17, 15) is 9.18 Å². The second kappa shape index (κ2) is 8.07. The Bertz CT molecular complexity index is 569. The number of rotatable bonds is 5. The zero-order valence-corrected chi connectivity index (χ0v) is 14.4. The third-order valence-corrected chi connectivity index (χ3v) is 4.23. The van der Waals surface area contributed by atoms with E-state index in [-0.39, 0.29) is 11.2 Å². The van der Waals surface area contributed by atoms with Gasteiger partial charge in [-0.3, -0.25) is 4.79 Å². The van der Waals surface area contributed by atoms with Crippen LogP contribution < -0.4 is 0 Å². The second-order valence-electron chi connectivity index (χ2n) is 6.68. The van der Waals surface area contributed by atoms with Gasteiger partial charge < -0.3 is 0 Å². The lowest BCUT2D eigenvalue weighted by Gasteiger charge is -2.33. The lowest BCUT2D eigenvalue weighted by Crippen LogP contribution is -2.19. The Balaban J connectivity index is 2.96. The molecule has 1 aliphatic rings. The highest BCUT2D eigenvalue weighted by molar-refractivity contribution is 5.66. The molecule has 1 nitrogen and oxygen atoms in total. The van der Waals surface area contributed by atoms with Gasteiger partial charge in [-0.05, 0) is 74.3 Å². The minimum Gasteiger partial charge on any atom is -0.299 e. The van der Waals surface area contributed by atoms with Gasteiger partial charge in [-0.2, -0.15) is 0 Å². The molecule has 0 aromatic heterocycles. The number of carbonyl (C=O) groups is 1. The van der Waals surface area contributed by atoms with E-state index in [1.54, 1.807) is 31.2 Å². The Kier molecular flexibility index (Phi) is 6.73. The summed E-state index contributed by atoms with van der Waals surface area (Å²) >= 11 is 0. The van der Waals surface area contributed by atoms with Crippen molar-refractivity contribution < 1.29 is 9.18 Å². The first-order valence-corrected chi connectivity index (χ1v) is 7.83. The zero-order chi connectivity index (χ0) is 16.8. The van der Waals surface area contributed by atoms with E-state index < -0.39 is 0 Å². The van der Waals surface area contributed by atoms with Crippen LogP contribution in [0.15, 0.2) is 58.5 Å². The molecule has 0 heterocycles. The molecule has 1 aliphatic carbocycles. The van der Waals surface area contributed by atoms with Crippen molar-refractivity contribution in [3.05, 3.63) is 58.5 Å². The average Bonchev–Trinajstić information content (AvgIpc) is 2.42. The third kappa shape index (κ3) is 5.25. The topological polar surface area (TPSA) is 17.1 Å². The number of allylic oxidation sites excluding steroid dienone is 10. The maximum atomic E-state index is 14.4. The van der Waals surface area contributed by atoms with Crippen molar-refractivity contribution in [3.63, 3.8) is 0 Å². The second-order valence-corrected chi connectivity index (χ2v) is 6.68. The maximum Gasteiger partial charge on any atom is 0.143 e. The summed E-state index contributed by atoms with van der Waals surface area (Å²) in [5, 5.41) is 0. The fourth-order valence-corrected chi connectivity index (χ4v) is 2.79. The highest BCUT2D eigenvalue weighted by Crippen LogP contribution is 2.41. The van der Waals surface area contributed by atoms with E-state index in [0.717, 1.165) is 30.3 Å². The summed E-state index contributed by atoms with van der Waals surface area (Å²) in [7, 11) is 0. The number of carbonyl (C=O) groups excluding carboxylic acids is 1. The minimum absolute atomic E-state index is 0.0408. The van der Waals surface area contributed by atoms with E-state index >= 15 is 0 Å². The standard InChI is InChI=1S/C20H27FO/c1-15(11-13-22)8-6-9-17(3)19(21)14-18-16(2)10-7-12-20(18,4)5/h6,8-9,11,13-14H,7,10,12H2,1-5H3/b8-6+,15-11+,17-9+,19-14-. The highest BCUT2D eigenvalue weighted by Gasteiger charge is 2.27. The SMILES string of the molecule is CC1=C(/C=C(F)/C(C)=C/C=C/C(C)=C/C=O)C(C)(C)CCC1. The summed E-state index contributed by atoms with van der Waals surface area (Å²) in [6, 6.07) is 0. The van der Waals surface area contributed by atoms with Crippen LogP contribution in [0.1, 0.15) is 53.9 Å². The largest absolute Gasteiger partial charge is 0.299 e. The first kappa shape index (κ1) is 18.3. The fourth-order valence-electron chi connectivity index (χ4n) is 2.79. The molecule has 0 N–H and O–H groups in total. The van der Waals surface area contributed by atoms with Crippen molar-refractivity contribution in [2.24, 2.45) is 5.41 Å². The molecule has 0 aliphatic heterocycles. The molecule has 0 spiro atoms. The number of aldehydes is 1. The Hall–Kier alpha value is -1.70. The van der Waals surface area contributed by atoms with Gasteiger partial charge in [-0.1, -0.05) is 37.6 Å². The van der Waals surface area contributed by atoms with Gasteiger partial charge in [0.25, 0.3) is 0 Å². The highest BCUT2D eigenvalue weighted by atomic mass is 19.1. The van der Waals surface area contributed by atoms with Crippen LogP contribution in [-0.2, 0) is 4.79 Å². The molecule has 0 fully saturated rings. The Labute approximate surface area is 134 Å². The first-order valence-electron chi connectivity index (χ1n) is 7.83. The number of halogens is 1. The molecular weight excluding hydrogens is 275 g/mol. The molecule has 2 heteroatoms. The Morgan fingerprint density at radius 3 is 2.50 bits per heavy atom. The van der Waals surface area contributed by atoms with Gasteiger partial charge >= 0.3 is 0 Å². The van der Waals surface area contributed by atoms with E-state index in [0.29, 0.717) is 5.57 Å². The van der Waals surface area contributed by atoms with Gasteiger partial charge in [0.1, 0.15) is 12.1 Å². The molecule has 0 aromatic carbocycles. The van der Waals surface area contributed by atoms with Gasteiger partial charge in [0.15, 0.2) is 0 Å². The quantitative estimate of drug-likeness (QED) is 0.345. The summed E-state index contributed by atoms with van der Waals surface area (Å²) in [6.45, 7) is 10.1. The molecule has 0 saturated heterocycles. The molecule has 0 aromatic rings. The molecule has 0 atom stereocenters. The van der Waals surface area contributed by atoms with E-state index in [1.165, 1.54) is 18.1 Å². The van der Waals surface area contributed by atoms with E-state index in [1.807, 2.05) is 6.92 Å². The van der Waals surface area contributed by atoms with Crippen molar-refractivity contribution in [2.75, 3.05) is 0 Å². The van der Waals surface area contributed by atoms with Crippen molar-refractivity contribution in [2.45, 2.75) is 53.9 Å². The van der Waals surface area contributed by atoms with E-state index in [4.69, 9.17) is 0 Å². The normalized spacial score (nSPS) is 20.7. The van der Waals surface area contributed by atoms with Crippen LogP contribution in [0.3, 0.4) is 0 Å². The molecule has 22 heavy (non-hydrogen) atoms. The van der Waals surface area contributed by atoms with Crippen LogP contribution in [0.2, 0.25) is 0 Å². The minimum atomic E-state index is -0.189. The van der Waals surface area contributed by atoms with Crippen molar-refractivity contribution in [3.8, 4) is 0 Å². The van der Waals surface area contributed by atoms with Crippen LogP contribution in [-0.4, -0.2) is 6.29 Å². The molecule has 120 valence electrons. The van der Waals surface area contributed by atoms with Gasteiger partial charge in [0, 0.05) is 0 Å². The molecule has 0 amide bonds. The van der Waals surface area contributed by atoms with E-state index in [2.05, 4.69) is 20.8 Å². The van der Waals surface area contributed by atoms with Crippen LogP contribution >= 0.6 is 0 Å². The van der Waals surface area contributed by atoms with Gasteiger partial charge in [-0.15, -0.1) is 0 Å². The molecule has 1 rings (SSSR count). The third-order valence-electron chi connectivity index (χ3n) is 4.23. The van der Waals surface area contributed by atoms with Gasteiger partial charge in [0.2, 0.25) is 0 Å². The summed E-state index contributed by atoms with van der Waals surface area (Å²) in [6.07, 6.45) is 12.6. The molecule has 0 radical (unpaired) electrons. The molecule has 0 bridgehead atoms. The smallest absolute Gasteiger partial charge is 0.143 e. The Morgan fingerprint density at radius 1 is 1.23 bits per heavy atom. The monoisotopic (exact) mass is 302 g/mol. The van der Waals surface area contributed by atoms with Crippen molar-refractivity contribution in [1.29, 1.82) is 0 Å². The molecular formula is C20H27FO. The lowest BCUT2D eigenvalue weighted by molar-refractivity contribution is -0.104. The van der Waals surface area contributed by atoms with Gasteiger partial charge in [0.05, 0.1) is 0 Å². The average molecular weight is 302 g/mol. The molecule has 0 unspecified atom stereocenters. The fraction of sp³-hybridized carbons (Fsp3) is 0.450. The van der Waals surface area contributed by atoms with Crippen molar-refractivity contribution >= 4 is 6.29 Å². The number of hydrogen-bond donors (Lipinski definition) is 0. The van der Waals surface area contributed by atoms with Crippen LogP contribution in [0.4, 0.5) is 4.39 Å². The summed E-state index contributed by atoms with van der Waals surface area (Å²) in [5.41, 5.74) is 3.90. The zero-order valence-electron chi connectivity index (χ0n) is 14.4. The summed E-state index contributed by atoms with van der Waals surface area (Å²) in [5.74, 6) is -0.189. The van der Waals surface area contributed by atoms with Crippen LogP contribution in [0, 0.1) is 5.41 Å². The summed E-state index contributed by atoms with van der Waals surface area (Å²) < 4.78 is 14.4. The van der Waals surface area contributed by atoms with Crippen LogP contribution in [0.5, 0.6) is 0 Å². The predicted molar refractivity (Wildman–Crippen MR) is 92.2 cm³/mol. The molecule has 0 saturated carbocycles. The Morgan fingerprint density at radius 2 is 1.91 bits per heavy atom. The first-order chi connectivity index (χ1) is 10.3. The predicted octanol–water partition coefficient (Wildman–Crippen LogP) is 6.01. The van der Waals surface area contributed by atoms with Gasteiger partial charge in [-0.25, -0.2) is 4.39 Å². The maximum absolute atomic E-state index is 14.4. The lowest BCUT2D eigenvalue weighted by atomic mass is 9.72. The van der Waals surface area contributed by atoms with Crippen molar-refractivity contribution in [1.82, 2.24) is 0 Å². The van der Waals surface area contributed by atoms with Crippen LogP contribution in [0.25, 0.3) is 0 Å². The number of hydrogen-bond acceptors (Lipinski definition) is 1. The summed E-state index contributed by atoms with van der Waals surface area (Å²) in [4.78, 5) is 10.3.